The number of ether oxygens (including phenoxy) is 3. The van der Waals surface area contributed by atoms with Crippen LogP contribution >= 0.6 is 0 Å². The van der Waals surface area contributed by atoms with E-state index in [4.69, 9.17) is 14.2 Å². The summed E-state index contributed by atoms with van der Waals surface area (Å²) in [4.78, 5) is 12.3. The molecule has 0 radical (unpaired) electrons. The summed E-state index contributed by atoms with van der Waals surface area (Å²) in [5.41, 5.74) is 2.75. The quantitative estimate of drug-likeness (QED) is 0.364. The smallest absolute Gasteiger partial charge is 0.261 e. The lowest BCUT2D eigenvalue weighted by Gasteiger charge is -2.09. The summed E-state index contributed by atoms with van der Waals surface area (Å²) in [6, 6.07) is 11.0. The highest BCUT2D eigenvalue weighted by Gasteiger charge is 2.10. The summed E-state index contributed by atoms with van der Waals surface area (Å²) in [5.74, 6) is 0.795. The van der Waals surface area contributed by atoms with Gasteiger partial charge in [-0.05, 0) is 54.3 Å². The van der Waals surface area contributed by atoms with Crippen molar-refractivity contribution >= 4 is 12.0 Å². The fourth-order valence-corrected chi connectivity index (χ4v) is 2.94. The molecule has 0 atom stereocenters. The molecule has 31 heavy (non-hydrogen) atoms. The van der Waals surface area contributed by atoms with E-state index >= 15 is 0 Å². The maximum atomic E-state index is 12.3. The lowest BCUT2D eigenvalue weighted by molar-refractivity contribution is -0.117. The first-order chi connectivity index (χ1) is 14.9. The first-order valence-corrected chi connectivity index (χ1v) is 9.58. The predicted molar refractivity (Wildman–Crippen MR) is 118 cm³/mol. The minimum Gasteiger partial charge on any atom is -0.502 e. The van der Waals surface area contributed by atoms with Gasteiger partial charge in [-0.15, -0.1) is 0 Å². The fraction of sp³-hybridized carbons (Fsp3) is 0.250. The van der Waals surface area contributed by atoms with Gasteiger partial charge in [-0.2, -0.15) is 5.26 Å². The molecule has 0 saturated heterocycles. The highest BCUT2D eigenvalue weighted by atomic mass is 16.5. The molecule has 2 aromatic carbocycles. The number of benzene rings is 2. The lowest BCUT2D eigenvalue weighted by atomic mass is 10.1. The molecule has 0 aliphatic rings. The first kappa shape index (κ1) is 23.4. The number of phenolic OH excluding ortho intramolecular Hbond substituents is 1. The number of phenols is 1. The number of amides is 1. The van der Waals surface area contributed by atoms with E-state index < -0.39 is 5.91 Å². The monoisotopic (exact) mass is 422 g/mol. The molecule has 7 heteroatoms. The van der Waals surface area contributed by atoms with Crippen molar-refractivity contribution in [3.05, 3.63) is 64.7 Å². The number of methoxy groups -OCH3 is 3. The number of nitrogens with zero attached hydrogens (tertiary/aromatic N) is 1. The van der Waals surface area contributed by atoms with E-state index in [1.54, 1.807) is 31.4 Å². The van der Waals surface area contributed by atoms with Crippen LogP contribution in [0, 0.1) is 18.3 Å². The number of nitrogens with one attached hydrogen (secondary N) is 1. The van der Waals surface area contributed by atoms with Crippen LogP contribution in [-0.2, 0) is 11.2 Å². The van der Waals surface area contributed by atoms with Gasteiger partial charge in [0.25, 0.3) is 5.91 Å². The zero-order valence-electron chi connectivity index (χ0n) is 18.1. The molecule has 0 aromatic heterocycles. The van der Waals surface area contributed by atoms with Gasteiger partial charge < -0.3 is 24.6 Å². The van der Waals surface area contributed by atoms with Crippen LogP contribution in [-0.4, -0.2) is 38.9 Å². The minimum atomic E-state index is -0.446. The zero-order chi connectivity index (χ0) is 22.8. The first-order valence-electron chi connectivity index (χ1n) is 9.58. The van der Waals surface area contributed by atoms with Crippen molar-refractivity contribution in [2.24, 2.45) is 0 Å². The predicted octanol–water partition coefficient (Wildman–Crippen LogP) is 3.55. The maximum absolute atomic E-state index is 12.3. The zero-order valence-corrected chi connectivity index (χ0v) is 18.1. The third-order valence-electron chi connectivity index (χ3n) is 4.58. The van der Waals surface area contributed by atoms with Gasteiger partial charge in [-0.3, -0.25) is 4.79 Å². The van der Waals surface area contributed by atoms with Crippen molar-refractivity contribution in [1.29, 1.82) is 5.26 Å². The lowest BCUT2D eigenvalue weighted by Crippen LogP contribution is -2.26. The normalized spacial score (nSPS) is 11.1. The Morgan fingerprint density at radius 3 is 2.29 bits per heavy atom. The van der Waals surface area contributed by atoms with Crippen LogP contribution in [0.2, 0.25) is 0 Å². The van der Waals surface area contributed by atoms with Crippen LogP contribution < -0.4 is 19.5 Å². The van der Waals surface area contributed by atoms with Crippen LogP contribution in [0.4, 0.5) is 0 Å². The topological polar surface area (TPSA) is 101 Å². The van der Waals surface area contributed by atoms with Gasteiger partial charge in [-0.25, -0.2) is 0 Å². The molecule has 0 spiro atoms. The van der Waals surface area contributed by atoms with E-state index in [0.717, 1.165) is 16.9 Å². The van der Waals surface area contributed by atoms with Crippen LogP contribution in [0.3, 0.4) is 0 Å². The Kier molecular flexibility index (Phi) is 8.52. The Bertz CT molecular complexity index is 1010. The second-order valence-corrected chi connectivity index (χ2v) is 6.64. The molecule has 2 N–H and O–H groups in total. The summed E-state index contributed by atoms with van der Waals surface area (Å²) < 4.78 is 15.5. The fourth-order valence-electron chi connectivity index (χ4n) is 2.94. The number of hydrogen-bond donors (Lipinski definition) is 2. The van der Waals surface area contributed by atoms with Gasteiger partial charge in [0.05, 0.1) is 21.3 Å². The number of rotatable bonds is 9. The Morgan fingerprint density at radius 1 is 1.10 bits per heavy atom. The molecule has 0 aliphatic heterocycles. The molecule has 0 heterocycles. The van der Waals surface area contributed by atoms with Crippen LogP contribution in [0.25, 0.3) is 6.08 Å². The Morgan fingerprint density at radius 2 is 1.74 bits per heavy atom. The van der Waals surface area contributed by atoms with Gasteiger partial charge in [0.1, 0.15) is 17.4 Å². The molecule has 162 valence electrons. The van der Waals surface area contributed by atoms with Crippen molar-refractivity contribution in [3.63, 3.8) is 0 Å². The highest BCUT2D eigenvalue weighted by Crippen LogP contribution is 2.37. The van der Waals surface area contributed by atoms with E-state index in [1.165, 1.54) is 20.3 Å². The van der Waals surface area contributed by atoms with Crippen LogP contribution in [0.15, 0.2) is 48.1 Å². The molecule has 0 unspecified atom stereocenters. The number of hydrogen-bond acceptors (Lipinski definition) is 6. The Hall–Kier alpha value is -3.92. The number of aryl methyl sites for hydroxylation is 1. The molecule has 0 saturated carbocycles. The average Bonchev–Trinajstić information content (AvgIpc) is 2.77. The van der Waals surface area contributed by atoms with Crippen molar-refractivity contribution < 1.29 is 24.1 Å². The second kappa shape index (κ2) is 11.3. The van der Waals surface area contributed by atoms with E-state index in [2.05, 4.69) is 5.32 Å². The molecule has 1 amide bonds. The minimum absolute atomic E-state index is 0.0140. The van der Waals surface area contributed by atoms with Gasteiger partial charge in [0.15, 0.2) is 11.5 Å². The molecule has 2 rings (SSSR count). The molecule has 7 nitrogen and oxygen atoms in total. The molecule has 0 fully saturated rings. The maximum Gasteiger partial charge on any atom is 0.261 e. The van der Waals surface area contributed by atoms with Gasteiger partial charge in [0.2, 0.25) is 5.75 Å². The molecular weight excluding hydrogens is 396 g/mol. The van der Waals surface area contributed by atoms with Crippen molar-refractivity contribution in [3.8, 4) is 29.1 Å². The van der Waals surface area contributed by atoms with Crippen molar-refractivity contribution in [2.45, 2.75) is 13.3 Å². The van der Waals surface area contributed by atoms with Crippen molar-refractivity contribution in [1.82, 2.24) is 5.32 Å². The number of carbonyl (C=O) groups excluding carboxylic acids is 1. The Labute approximate surface area is 182 Å². The second-order valence-electron chi connectivity index (χ2n) is 6.64. The standard InChI is InChI=1S/C24H26N2O5/c1-16-12-17(8-9-20(16)29-2)10-11-26-24(28)19(15-25)7-5-6-18-13-21(30-3)23(27)22(14-18)31-4/h5-9,12-14,27H,10-11H2,1-4H3,(H,26,28)/b6-5+,19-7+. The summed E-state index contributed by atoms with van der Waals surface area (Å²) in [6.45, 7) is 2.36. The summed E-state index contributed by atoms with van der Waals surface area (Å²) in [6.07, 6.45) is 5.32. The molecular formula is C24H26N2O5. The third kappa shape index (κ3) is 6.28. The number of aromatic hydroxyl groups is 1. The number of nitriles is 1. The van der Waals surface area contributed by atoms with Crippen LogP contribution in [0.1, 0.15) is 16.7 Å². The third-order valence-corrected chi connectivity index (χ3v) is 4.58. The Balaban J connectivity index is 2.01. The summed E-state index contributed by atoms with van der Waals surface area (Å²) >= 11 is 0. The summed E-state index contributed by atoms with van der Waals surface area (Å²) in [5, 5.41) is 22.0. The molecule has 0 bridgehead atoms. The van der Waals surface area contributed by atoms with Gasteiger partial charge >= 0.3 is 0 Å². The molecule has 0 aliphatic carbocycles. The van der Waals surface area contributed by atoms with Gasteiger partial charge in [0, 0.05) is 6.54 Å². The van der Waals surface area contributed by atoms with Gasteiger partial charge in [-0.1, -0.05) is 24.3 Å². The number of carbonyl (C=O) groups is 1. The largest absolute Gasteiger partial charge is 0.502 e. The number of allylic oxidation sites excluding steroid dienone is 2. The summed E-state index contributed by atoms with van der Waals surface area (Å²) in [7, 11) is 4.50. The van der Waals surface area contributed by atoms with E-state index in [-0.39, 0.29) is 22.8 Å². The average molecular weight is 422 g/mol. The highest BCUT2D eigenvalue weighted by molar-refractivity contribution is 5.97. The van der Waals surface area contributed by atoms with Crippen molar-refractivity contribution in [2.75, 3.05) is 27.9 Å². The van der Waals surface area contributed by atoms with E-state index in [0.29, 0.717) is 18.5 Å². The van der Waals surface area contributed by atoms with E-state index in [9.17, 15) is 15.2 Å². The molecule has 2 aromatic rings. The SMILES string of the molecule is COc1ccc(CCNC(=O)/C(C#N)=C/C=C/c2cc(OC)c(O)c(OC)c2)cc1C. The van der Waals surface area contributed by atoms with E-state index in [1.807, 2.05) is 31.2 Å². The van der Waals surface area contributed by atoms with Crippen LogP contribution in [0.5, 0.6) is 23.0 Å².